The molecule has 0 bridgehead atoms. The molecule has 1 N–H and O–H groups in total. The number of amides is 1. The Morgan fingerprint density at radius 2 is 1.80 bits per heavy atom. The molecule has 1 unspecified atom stereocenters. The first-order chi connectivity index (χ1) is 11.7. The highest BCUT2D eigenvalue weighted by Crippen LogP contribution is 2.59. The highest BCUT2D eigenvalue weighted by molar-refractivity contribution is 5.78. The Kier molecular flexibility index (Phi) is 4.38. The van der Waals surface area contributed by atoms with Crippen LogP contribution in [-0.4, -0.2) is 41.6 Å². The van der Waals surface area contributed by atoms with Gasteiger partial charge in [-0.25, -0.2) is 0 Å². The number of benzene rings is 1. The Balaban J connectivity index is 1.47. The van der Waals surface area contributed by atoms with E-state index in [9.17, 15) is 22.8 Å². The van der Waals surface area contributed by atoms with E-state index in [-0.39, 0.29) is 29.6 Å². The lowest BCUT2D eigenvalue weighted by Crippen LogP contribution is -2.42. The summed E-state index contributed by atoms with van der Waals surface area (Å²) in [6.45, 7) is 0.721. The number of carboxylic acid groups (broad SMARTS) is 1. The van der Waals surface area contributed by atoms with Gasteiger partial charge in [-0.1, -0.05) is 0 Å². The van der Waals surface area contributed by atoms with E-state index in [1.807, 2.05) is 0 Å². The van der Waals surface area contributed by atoms with Crippen molar-refractivity contribution >= 4 is 11.9 Å². The van der Waals surface area contributed by atoms with Gasteiger partial charge >= 0.3 is 12.1 Å². The molecule has 1 aliphatic carbocycles. The molecule has 1 aromatic rings. The second kappa shape index (κ2) is 6.24. The molecule has 0 radical (unpaired) electrons. The second-order valence-electron chi connectivity index (χ2n) is 6.65. The van der Waals surface area contributed by atoms with Gasteiger partial charge < -0.3 is 14.7 Å². The minimum absolute atomic E-state index is 0.156. The number of rotatable bonds is 4. The monoisotopic (exact) mass is 357 g/mol. The quantitative estimate of drug-likeness (QED) is 0.900. The zero-order valence-corrected chi connectivity index (χ0v) is 13.4. The zero-order valence-electron chi connectivity index (χ0n) is 13.4. The van der Waals surface area contributed by atoms with Crippen LogP contribution in [0.3, 0.4) is 0 Å². The maximum atomic E-state index is 12.5. The van der Waals surface area contributed by atoms with Gasteiger partial charge in [-0.15, -0.1) is 0 Å². The van der Waals surface area contributed by atoms with Crippen molar-refractivity contribution < 1.29 is 32.6 Å². The molecule has 1 saturated heterocycles. The maximum Gasteiger partial charge on any atom is 0.416 e. The van der Waals surface area contributed by atoms with Gasteiger partial charge in [0.25, 0.3) is 5.91 Å². The van der Waals surface area contributed by atoms with Crippen LogP contribution in [0.25, 0.3) is 0 Å². The molecule has 1 aliphatic heterocycles. The van der Waals surface area contributed by atoms with Crippen LogP contribution >= 0.6 is 0 Å². The SMILES string of the molecule is O=C(O)C1CC12CCN(C(=O)COc1ccc(C(F)(F)F)cc1)CC2. The molecule has 1 aromatic carbocycles. The van der Waals surface area contributed by atoms with Gasteiger partial charge in [0, 0.05) is 13.1 Å². The van der Waals surface area contributed by atoms with Crippen molar-refractivity contribution in [2.45, 2.75) is 25.4 Å². The van der Waals surface area contributed by atoms with Crippen molar-refractivity contribution in [3.8, 4) is 5.75 Å². The first kappa shape index (κ1) is 17.6. The minimum Gasteiger partial charge on any atom is -0.484 e. The Labute approximate surface area is 142 Å². The summed E-state index contributed by atoms with van der Waals surface area (Å²) in [4.78, 5) is 24.8. The van der Waals surface area contributed by atoms with Gasteiger partial charge in [0.15, 0.2) is 6.61 Å². The van der Waals surface area contributed by atoms with Gasteiger partial charge in [-0.05, 0) is 48.9 Å². The lowest BCUT2D eigenvalue weighted by molar-refractivity contribution is -0.140. The molecule has 1 atom stereocenters. The predicted molar refractivity (Wildman–Crippen MR) is 80.9 cm³/mol. The number of carboxylic acids is 1. The fourth-order valence-electron chi connectivity index (χ4n) is 3.43. The van der Waals surface area contributed by atoms with E-state index in [1.54, 1.807) is 4.90 Å². The van der Waals surface area contributed by atoms with Crippen molar-refractivity contribution in [3.05, 3.63) is 29.8 Å². The number of carbonyl (C=O) groups is 2. The number of ether oxygens (including phenoxy) is 1. The van der Waals surface area contributed by atoms with E-state index in [0.717, 1.165) is 12.1 Å². The normalized spacial score (nSPS) is 21.9. The van der Waals surface area contributed by atoms with E-state index in [2.05, 4.69) is 0 Å². The molecular formula is C17H18F3NO4. The number of hydrogen-bond donors (Lipinski definition) is 1. The number of nitrogens with zero attached hydrogens (tertiary/aromatic N) is 1. The standard InChI is InChI=1S/C17H18F3NO4/c18-17(19,20)11-1-3-12(4-2-11)25-10-14(22)21-7-5-16(6-8-21)9-13(16)15(23)24/h1-4,13H,5-10H2,(H,23,24). The molecular weight excluding hydrogens is 339 g/mol. The van der Waals surface area contributed by atoms with Gasteiger partial charge in [-0.2, -0.15) is 13.2 Å². The third kappa shape index (κ3) is 3.72. The average molecular weight is 357 g/mol. The number of halogens is 3. The largest absolute Gasteiger partial charge is 0.484 e. The average Bonchev–Trinajstić information content (AvgIpc) is 3.27. The highest BCUT2D eigenvalue weighted by atomic mass is 19.4. The summed E-state index contributed by atoms with van der Waals surface area (Å²) in [5.74, 6) is -1.12. The third-order valence-corrected chi connectivity index (χ3v) is 5.14. The van der Waals surface area contributed by atoms with E-state index >= 15 is 0 Å². The van der Waals surface area contributed by atoms with Crippen LogP contribution in [0.5, 0.6) is 5.75 Å². The summed E-state index contributed by atoms with van der Waals surface area (Å²) in [6, 6.07) is 4.18. The van der Waals surface area contributed by atoms with Crippen molar-refractivity contribution in [1.29, 1.82) is 0 Å². The smallest absolute Gasteiger partial charge is 0.416 e. The first-order valence-electron chi connectivity index (χ1n) is 8.02. The summed E-state index contributed by atoms with van der Waals surface area (Å²) in [5.41, 5.74) is -0.929. The molecule has 1 spiro atoms. The lowest BCUT2D eigenvalue weighted by Gasteiger charge is -2.32. The molecule has 5 nitrogen and oxygen atoms in total. The highest BCUT2D eigenvalue weighted by Gasteiger charge is 2.59. The maximum absolute atomic E-state index is 12.5. The summed E-state index contributed by atoms with van der Waals surface area (Å²) in [6.07, 6.45) is -2.41. The van der Waals surface area contributed by atoms with Crippen LogP contribution in [0.1, 0.15) is 24.8 Å². The summed E-state index contributed by atoms with van der Waals surface area (Å²) in [7, 11) is 0. The van der Waals surface area contributed by atoms with Crippen molar-refractivity contribution in [2.75, 3.05) is 19.7 Å². The Morgan fingerprint density at radius 1 is 1.20 bits per heavy atom. The lowest BCUT2D eigenvalue weighted by atomic mass is 9.91. The molecule has 1 heterocycles. The van der Waals surface area contributed by atoms with Crippen LogP contribution in [-0.2, 0) is 15.8 Å². The number of hydrogen-bond acceptors (Lipinski definition) is 3. The van der Waals surface area contributed by atoms with Crippen LogP contribution < -0.4 is 4.74 Å². The number of alkyl halides is 3. The van der Waals surface area contributed by atoms with Gasteiger partial charge in [-0.3, -0.25) is 9.59 Å². The molecule has 0 aromatic heterocycles. The number of piperidine rings is 1. The summed E-state index contributed by atoms with van der Waals surface area (Å²) >= 11 is 0. The van der Waals surface area contributed by atoms with Crippen LogP contribution in [0.4, 0.5) is 13.2 Å². The molecule has 25 heavy (non-hydrogen) atoms. The van der Waals surface area contributed by atoms with Crippen LogP contribution in [0.2, 0.25) is 0 Å². The fraction of sp³-hybridized carbons (Fsp3) is 0.529. The topological polar surface area (TPSA) is 66.8 Å². The third-order valence-electron chi connectivity index (χ3n) is 5.14. The number of carbonyl (C=O) groups excluding carboxylic acids is 1. The molecule has 8 heteroatoms. The molecule has 136 valence electrons. The minimum atomic E-state index is -4.41. The fourth-order valence-corrected chi connectivity index (χ4v) is 3.43. The zero-order chi connectivity index (χ0) is 18.2. The van der Waals surface area contributed by atoms with Crippen molar-refractivity contribution in [2.24, 2.45) is 11.3 Å². The Hall–Kier alpha value is -2.25. The summed E-state index contributed by atoms with van der Waals surface area (Å²) < 4.78 is 42.7. The van der Waals surface area contributed by atoms with Gasteiger partial charge in [0.05, 0.1) is 11.5 Å². The molecule has 2 aliphatic rings. The predicted octanol–water partition coefficient (Wildman–Crippen LogP) is 2.80. The van der Waals surface area contributed by atoms with Crippen LogP contribution in [0, 0.1) is 11.3 Å². The van der Waals surface area contributed by atoms with Crippen LogP contribution in [0.15, 0.2) is 24.3 Å². The van der Waals surface area contributed by atoms with E-state index in [0.29, 0.717) is 32.4 Å². The van der Waals surface area contributed by atoms with E-state index in [4.69, 9.17) is 9.84 Å². The Bertz CT molecular complexity index is 663. The van der Waals surface area contributed by atoms with Gasteiger partial charge in [0.1, 0.15) is 5.75 Å². The van der Waals surface area contributed by atoms with Crippen molar-refractivity contribution in [3.63, 3.8) is 0 Å². The molecule has 1 saturated carbocycles. The van der Waals surface area contributed by atoms with E-state index < -0.39 is 17.7 Å². The van der Waals surface area contributed by atoms with Crippen molar-refractivity contribution in [1.82, 2.24) is 4.90 Å². The van der Waals surface area contributed by atoms with E-state index in [1.165, 1.54) is 12.1 Å². The summed E-state index contributed by atoms with van der Waals surface area (Å²) in [5, 5.41) is 9.05. The van der Waals surface area contributed by atoms with Gasteiger partial charge in [0.2, 0.25) is 0 Å². The molecule has 1 amide bonds. The second-order valence-corrected chi connectivity index (χ2v) is 6.65. The number of aliphatic carboxylic acids is 1. The molecule has 2 fully saturated rings. The number of likely N-dealkylation sites (tertiary alicyclic amines) is 1. The Morgan fingerprint density at radius 3 is 2.28 bits per heavy atom. The molecule has 3 rings (SSSR count). The first-order valence-corrected chi connectivity index (χ1v) is 8.02.